The number of hydrogen-bond acceptors (Lipinski definition) is 3. The second-order valence-electron chi connectivity index (χ2n) is 7.04. The van der Waals surface area contributed by atoms with Crippen LogP contribution < -0.4 is 10.6 Å². The molecule has 1 fully saturated rings. The summed E-state index contributed by atoms with van der Waals surface area (Å²) >= 11 is 12.2. The van der Waals surface area contributed by atoms with Crippen LogP contribution >= 0.6 is 23.2 Å². The van der Waals surface area contributed by atoms with E-state index in [9.17, 15) is 0 Å². The number of hydrogen-bond donors (Lipinski definition) is 2. The molecule has 5 nitrogen and oxygen atoms in total. The fourth-order valence-corrected chi connectivity index (χ4v) is 3.53. The summed E-state index contributed by atoms with van der Waals surface area (Å²) < 4.78 is 5.17. The number of methoxy groups -OCH3 is 1. The summed E-state index contributed by atoms with van der Waals surface area (Å²) in [5.41, 5.74) is 1.08. The third-order valence-electron chi connectivity index (χ3n) is 4.97. The number of halogens is 2. The van der Waals surface area contributed by atoms with Gasteiger partial charge in [0.05, 0.1) is 22.7 Å². The average Bonchev–Trinajstić information content (AvgIpc) is 2.67. The van der Waals surface area contributed by atoms with Crippen molar-refractivity contribution in [2.24, 2.45) is 10.9 Å². The number of ether oxygens (including phenoxy) is 1. The van der Waals surface area contributed by atoms with E-state index in [2.05, 4.69) is 29.4 Å². The van der Waals surface area contributed by atoms with Gasteiger partial charge in [0, 0.05) is 26.7 Å². The van der Waals surface area contributed by atoms with Crippen LogP contribution in [-0.4, -0.2) is 57.3 Å². The molecule has 1 aromatic rings. The Hall–Kier alpha value is -1.01. The molecule has 0 bridgehead atoms. The van der Waals surface area contributed by atoms with E-state index in [-0.39, 0.29) is 6.04 Å². The van der Waals surface area contributed by atoms with Crippen LogP contribution in [0.3, 0.4) is 0 Å². The molecule has 1 unspecified atom stereocenters. The van der Waals surface area contributed by atoms with Gasteiger partial charge in [0.15, 0.2) is 5.96 Å². The molecule has 2 N–H and O–H groups in total. The van der Waals surface area contributed by atoms with Crippen molar-refractivity contribution in [1.29, 1.82) is 0 Å². The Labute approximate surface area is 173 Å². The third kappa shape index (κ3) is 7.49. The van der Waals surface area contributed by atoms with Gasteiger partial charge in [-0.25, -0.2) is 0 Å². The van der Waals surface area contributed by atoms with Crippen molar-refractivity contribution in [3.05, 3.63) is 33.8 Å². The van der Waals surface area contributed by atoms with E-state index in [1.54, 1.807) is 7.11 Å². The summed E-state index contributed by atoms with van der Waals surface area (Å²) in [6.07, 6.45) is 2.38. The number of nitrogens with zero attached hydrogens (tertiary/aromatic N) is 2. The maximum absolute atomic E-state index is 6.14. The molecule has 0 amide bonds. The molecule has 0 saturated carbocycles. The number of likely N-dealkylation sites (tertiary alicyclic amines) is 1. The molecule has 0 aliphatic carbocycles. The van der Waals surface area contributed by atoms with Gasteiger partial charge >= 0.3 is 0 Å². The summed E-state index contributed by atoms with van der Waals surface area (Å²) in [7, 11) is 1.76. The van der Waals surface area contributed by atoms with Crippen LogP contribution in [0.1, 0.15) is 38.3 Å². The largest absolute Gasteiger partial charge is 0.383 e. The third-order valence-corrected chi connectivity index (χ3v) is 5.71. The van der Waals surface area contributed by atoms with Gasteiger partial charge in [-0.2, -0.15) is 0 Å². The number of piperidine rings is 1. The molecule has 1 heterocycles. The fraction of sp³-hybridized carbons (Fsp3) is 0.650. The SMILES string of the molecule is CCNC(=NCC1CCN(CCOC)CC1)NC(C)c1ccc(Cl)c(Cl)c1. The van der Waals surface area contributed by atoms with Crippen LogP contribution in [0.25, 0.3) is 0 Å². The number of rotatable bonds is 8. The Balaban J connectivity index is 1.87. The molecule has 0 spiro atoms. The topological polar surface area (TPSA) is 48.9 Å². The van der Waals surface area contributed by atoms with E-state index in [0.717, 1.165) is 50.9 Å². The number of nitrogens with one attached hydrogen (secondary N) is 2. The highest BCUT2D eigenvalue weighted by Crippen LogP contribution is 2.25. The lowest BCUT2D eigenvalue weighted by atomic mass is 9.97. The summed E-state index contributed by atoms with van der Waals surface area (Å²) in [6, 6.07) is 5.82. The first-order chi connectivity index (χ1) is 13.0. The predicted molar refractivity (Wildman–Crippen MR) is 115 cm³/mol. The molecule has 152 valence electrons. The molecule has 0 radical (unpaired) electrons. The van der Waals surface area contributed by atoms with Crippen molar-refractivity contribution in [2.75, 3.05) is 46.4 Å². The van der Waals surface area contributed by atoms with Gasteiger partial charge in [-0.05, 0) is 63.4 Å². The van der Waals surface area contributed by atoms with Crippen molar-refractivity contribution in [1.82, 2.24) is 15.5 Å². The molecule has 27 heavy (non-hydrogen) atoms. The molecular formula is C20H32Cl2N4O. The number of aliphatic imine (C=N–C) groups is 1. The molecule has 1 aromatic carbocycles. The zero-order chi connectivity index (χ0) is 19.6. The summed E-state index contributed by atoms with van der Waals surface area (Å²) in [5, 5.41) is 7.95. The van der Waals surface area contributed by atoms with E-state index in [0.29, 0.717) is 16.0 Å². The first-order valence-electron chi connectivity index (χ1n) is 9.74. The highest BCUT2D eigenvalue weighted by Gasteiger charge is 2.19. The summed E-state index contributed by atoms with van der Waals surface area (Å²) in [6.45, 7) is 9.95. The van der Waals surface area contributed by atoms with Crippen LogP contribution in [0.4, 0.5) is 0 Å². The van der Waals surface area contributed by atoms with E-state index in [1.165, 1.54) is 12.8 Å². The normalized spacial score (nSPS) is 17.7. The van der Waals surface area contributed by atoms with Crippen LogP contribution in [0, 0.1) is 5.92 Å². The molecule has 1 aliphatic heterocycles. The van der Waals surface area contributed by atoms with Gasteiger partial charge in [-0.3, -0.25) is 4.99 Å². The Bertz CT molecular complexity index is 604. The van der Waals surface area contributed by atoms with E-state index in [4.69, 9.17) is 32.9 Å². The van der Waals surface area contributed by atoms with E-state index >= 15 is 0 Å². The van der Waals surface area contributed by atoms with Crippen LogP contribution in [0.5, 0.6) is 0 Å². The van der Waals surface area contributed by atoms with Crippen LogP contribution in [0.2, 0.25) is 10.0 Å². The monoisotopic (exact) mass is 414 g/mol. The lowest BCUT2D eigenvalue weighted by Gasteiger charge is -2.31. The minimum Gasteiger partial charge on any atom is -0.383 e. The minimum absolute atomic E-state index is 0.0912. The van der Waals surface area contributed by atoms with Gasteiger partial charge in [0.25, 0.3) is 0 Å². The quantitative estimate of drug-likeness (QED) is 0.498. The average molecular weight is 415 g/mol. The smallest absolute Gasteiger partial charge is 0.191 e. The Morgan fingerprint density at radius 1 is 1.30 bits per heavy atom. The van der Waals surface area contributed by atoms with Gasteiger partial charge in [-0.1, -0.05) is 29.3 Å². The second-order valence-corrected chi connectivity index (χ2v) is 7.85. The number of guanidine groups is 1. The summed E-state index contributed by atoms with van der Waals surface area (Å²) in [5.74, 6) is 1.48. The van der Waals surface area contributed by atoms with Crippen LogP contribution in [-0.2, 0) is 4.74 Å². The zero-order valence-electron chi connectivity index (χ0n) is 16.6. The highest BCUT2D eigenvalue weighted by atomic mass is 35.5. The lowest BCUT2D eigenvalue weighted by molar-refractivity contribution is 0.121. The van der Waals surface area contributed by atoms with E-state index in [1.807, 2.05) is 18.2 Å². The Morgan fingerprint density at radius 2 is 2.04 bits per heavy atom. The second kappa shape index (κ2) is 11.7. The van der Waals surface area contributed by atoms with Crippen molar-refractivity contribution < 1.29 is 4.74 Å². The first-order valence-corrected chi connectivity index (χ1v) is 10.5. The lowest BCUT2D eigenvalue weighted by Crippen LogP contribution is -2.40. The standard InChI is InChI=1S/C20H32Cl2N4O/c1-4-23-20(25-15(2)17-5-6-18(21)19(22)13-17)24-14-16-7-9-26(10-8-16)11-12-27-3/h5-6,13,15-16H,4,7-12,14H2,1-3H3,(H2,23,24,25). The van der Waals surface area contributed by atoms with Crippen molar-refractivity contribution in [3.63, 3.8) is 0 Å². The maximum Gasteiger partial charge on any atom is 0.191 e. The molecule has 0 aromatic heterocycles. The molecule has 2 rings (SSSR count). The molecule has 1 atom stereocenters. The predicted octanol–water partition coefficient (Wildman–Crippen LogP) is 3.97. The minimum atomic E-state index is 0.0912. The van der Waals surface area contributed by atoms with Gasteiger partial charge in [0.2, 0.25) is 0 Å². The highest BCUT2D eigenvalue weighted by molar-refractivity contribution is 6.42. The molecule has 7 heteroatoms. The molecule has 1 aliphatic rings. The van der Waals surface area contributed by atoms with Crippen molar-refractivity contribution in [3.8, 4) is 0 Å². The zero-order valence-corrected chi connectivity index (χ0v) is 18.1. The van der Waals surface area contributed by atoms with Crippen molar-refractivity contribution in [2.45, 2.75) is 32.7 Å². The van der Waals surface area contributed by atoms with Crippen LogP contribution in [0.15, 0.2) is 23.2 Å². The Morgan fingerprint density at radius 3 is 2.67 bits per heavy atom. The van der Waals surface area contributed by atoms with E-state index < -0.39 is 0 Å². The molecular weight excluding hydrogens is 383 g/mol. The summed E-state index contributed by atoms with van der Waals surface area (Å²) in [4.78, 5) is 7.29. The molecule has 1 saturated heterocycles. The van der Waals surface area contributed by atoms with Gasteiger partial charge in [-0.15, -0.1) is 0 Å². The first kappa shape index (κ1) is 22.3. The fourth-order valence-electron chi connectivity index (χ4n) is 3.22. The Kier molecular flexibility index (Phi) is 9.69. The van der Waals surface area contributed by atoms with Gasteiger partial charge in [0.1, 0.15) is 0 Å². The van der Waals surface area contributed by atoms with Crippen molar-refractivity contribution >= 4 is 29.2 Å². The number of benzene rings is 1. The van der Waals surface area contributed by atoms with Gasteiger partial charge < -0.3 is 20.3 Å². The maximum atomic E-state index is 6.14.